The fourth-order valence-corrected chi connectivity index (χ4v) is 4.34. The number of methoxy groups -OCH3 is 1. The Labute approximate surface area is 212 Å². The van der Waals surface area contributed by atoms with Gasteiger partial charge in [0.15, 0.2) is 0 Å². The van der Waals surface area contributed by atoms with Gasteiger partial charge in [-0.3, -0.25) is 9.36 Å². The summed E-state index contributed by atoms with van der Waals surface area (Å²) in [7, 11) is 1.56. The van der Waals surface area contributed by atoms with Gasteiger partial charge in [0.2, 0.25) is 11.8 Å². The highest BCUT2D eigenvalue weighted by Gasteiger charge is 2.20. The predicted octanol–water partition coefficient (Wildman–Crippen LogP) is 4.48. The van der Waals surface area contributed by atoms with Gasteiger partial charge in [-0.25, -0.2) is 9.97 Å². The van der Waals surface area contributed by atoms with Gasteiger partial charge in [0.05, 0.1) is 24.7 Å². The van der Waals surface area contributed by atoms with E-state index in [1.54, 1.807) is 17.9 Å². The smallest absolute Gasteiger partial charge is 0.263 e. The van der Waals surface area contributed by atoms with Crippen molar-refractivity contribution in [3.63, 3.8) is 0 Å². The van der Waals surface area contributed by atoms with Crippen molar-refractivity contribution in [1.82, 2.24) is 19.5 Å². The number of hydrogen-bond acceptors (Lipinski definition) is 8. The van der Waals surface area contributed by atoms with Crippen LogP contribution in [0.15, 0.2) is 83.9 Å². The maximum Gasteiger partial charge on any atom is 0.263 e. The lowest BCUT2D eigenvalue weighted by Crippen LogP contribution is -2.26. The third-order valence-corrected chi connectivity index (χ3v) is 6.07. The normalized spacial score (nSPS) is 11.6. The molecule has 2 aromatic carbocycles. The summed E-state index contributed by atoms with van der Waals surface area (Å²) in [6, 6.07) is 22.5. The number of nitrogen functional groups attached to an aromatic ring is 1. The zero-order valence-electron chi connectivity index (χ0n) is 20.2. The van der Waals surface area contributed by atoms with Crippen LogP contribution in [0, 0.1) is 11.3 Å². The number of nitrogens with zero attached hydrogens (tertiary/aromatic N) is 5. The Bertz CT molecular complexity index is 1710. The van der Waals surface area contributed by atoms with Crippen LogP contribution in [0.2, 0.25) is 0 Å². The van der Waals surface area contributed by atoms with Gasteiger partial charge < -0.3 is 15.8 Å². The van der Waals surface area contributed by atoms with Crippen molar-refractivity contribution < 1.29 is 4.74 Å². The van der Waals surface area contributed by atoms with Gasteiger partial charge in [0.25, 0.3) is 5.56 Å². The van der Waals surface area contributed by atoms with E-state index < -0.39 is 6.04 Å². The van der Waals surface area contributed by atoms with Gasteiger partial charge in [-0.15, -0.1) is 0 Å². The molecule has 0 bridgehead atoms. The van der Waals surface area contributed by atoms with Gasteiger partial charge in [0.1, 0.15) is 17.5 Å². The number of aromatic nitrogens is 4. The summed E-state index contributed by atoms with van der Waals surface area (Å²) in [5, 5.41) is 14.1. The third-order valence-electron chi connectivity index (χ3n) is 6.07. The minimum atomic E-state index is -0.414. The van der Waals surface area contributed by atoms with Crippen molar-refractivity contribution in [2.24, 2.45) is 0 Å². The highest BCUT2D eigenvalue weighted by molar-refractivity contribution is 5.96. The second kappa shape index (κ2) is 9.79. The van der Waals surface area contributed by atoms with E-state index in [4.69, 9.17) is 10.5 Å². The predicted molar refractivity (Wildman–Crippen MR) is 143 cm³/mol. The molecule has 0 radical (unpaired) electrons. The Morgan fingerprint density at radius 1 is 1.08 bits per heavy atom. The van der Waals surface area contributed by atoms with Gasteiger partial charge >= 0.3 is 0 Å². The third kappa shape index (κ3) is 4.44. The second-order valence-corrected chi connectivity index (χ2v) is 8.37. The summed E-state index contributed by atoms with van der Waals surface area (Å²) < 4.78 is 6.98. The van der Waals surface area contributed by atoms with Gasteiger partial charge in [-0.1, -0.05) is 36.4 Å². The number of benzene rings is 2. The lowest BCUT2D eigenvalue weighted by Gasteiger charge is -2.22. The molecule has 9 heteroatoms. The lowest BCUT2D eigenvalue weighted by atomic mass is 9.98. The number of nitrogens with one attached hydrogen (secondary N) is 1. The summed E-state index contributed by atoms with van der Waals surface area (Å²) in [5.41, 5.74) is 8.84. The van der Waals surface area contributed by atoms with Crippen LogP contribution in [-0.2, 0) is 0 Å². The molecule has 182 valence electrons. The van der Waals surface area contributed by atoms with Crippen LogP contribution >= 0.6 is 0 Å². The first-order valence-electron chi connectivity index (χ1n) is 11.5. The molecule has 3 aromatic heterocycles. The first kappa shape index (κ1) is 23.5. The van der Waals surface area contributed by atoms with E-state index in [0.717, 1.165) is 16.5 Å². The molecular formula is C28H23N7O2. The van der Waals surface area contributed by atoms with E-state index in [0.29, 0.717) is 28.5 Å². The molecule has 0 fully saturated rings. The van der Waals surface area contributed by atoms with Crippen LogP contribution in [0.25, 0.3) is 27.6 Å². The van der Waals surface area contributed by atoms with E-state index in [1.807, 2.05) is 73.7 Å². The minimum Gasteiger partial charge on any atom is -0.481 e. The average Bonchev–Trinajstić information content (AvgIpc) is 2.93. The Balaban J connectivity index is 1.74. The Morgan fingerprint density at radius 2 is 1.89 bits per heavy atom. The molecule has 0 aliphatic carbocycles. The maximum atomic E-state index is 14.2. The Hall–Kier alpha value is -5.23. The molecule has 5 rings (SSSR count). The number of nitriles is 1. The molecule has 0 aliphatic rings. The summed E-state index contributed by atoms with van der Waals surface area (Å²) in [6.07, 6.45) is 3.03. The van der Waals surface area contributed by atoms with Crippen LogP contribution in [0.1, 0.15) is 24.2 Å². The standard InChI is InChI=1S/C28H23N7O2/c1-17(33-26-20(15-29)16-32-28(30)34-26)23-13-19-7-6-10-22(18-11-12-31-24(14-18)37-2)25(19)27(36)35(23)21-8-4-3-5-9-21/h3-14,16-17H,1-2H3,(H3,30,32,33,34)/t17-/m0/s1. The SMILES string of the molecule is COc1cc(-c2cccc3cc([C@H](C)Nc4nc(N)ncc4C#N)n(-c4ccccc4)c(=O)c23)ccn1. The van der Waals surface area contributed by atoms with Crippen molar-refractivity contribution in [3.05, 3.63) is 101 Å². The zero-order valence-corrected chi connectivity index (χ0v) is 20.2. The lowest BCUT2D eigenvalue weighted by molar-refractivity contribution is 0.398. The number of nitrogens with two attached hydrogens (primary N) is 1. The largest absolute Gasteiger partial charge is 0.481 e. The molecule has 0 amide bonds. The second-order valence-electron chi connectivity index (χ2n) is 8.37. The highest BCUT2D eigenvalue weighted by Crippen LogP contribution is 2.31. The topological polar surface area (TPSA) is 132 Å². The van der Waals surface area contributed by atoms with Crippen molar-refractivity contribution >= 4 is 22.5 Å². The number of para-hydroxylation sites is 1. The summed E-state index contributed by atoms with van der Waals surface area (Å²) in [5.74, 6) is 0.808. The van der Waals surface area contributed by atoms with Crippen molar-refractivity contribution in [1.29, 1.82) is 5.26 Å². The number of hydrogen-bond donors (Lipinski definition) is 2. The van der Waals surface area contributed by atoms with E-state index in [9.17, 15) is 10.1 Å². The minimum absolute atomic E-state index is 0.0464. The molecule has 37 heavy (non-hydrogen) atoms. The van der Waals surface area contributed by atoms with Crippen LogP contribution in [0.3, 0.4) is 0 Å². The van der Waals surface area contributed by atoms with E-state index in [1.165, 1.54) is 6.20 Å². The Kier molecular flexibility index (Phi) is 6.22. The van der Waals surface area contributed by atoms with E-state index >= 15 is 0 Å². The molecule has 3 N–H and O–H groups in total. The molecule has 5 aromatic rings. The fourth-order valence-electron chi connectivity index (χ4n) is 4.34. The number of rotatable bonds is 6. The summed E-state index contributed by atoms with van der Waals surface area (Å²) in [4.78, 5) is 26.5. The Morgan fingerprint density at radius 3 is 2.65 bits per heavy atom. The van der Waals surface area contributed by atoms with Crippen molar-refractivity contribution in [2.45, 2.75) is 13.0 Å². The molecule has 0 saturated heterocycles. The molecule has 9 nitrogen and oxygen atoms in total. The van der Waals surface area contributed by atoms with Crippen LogP contribution in [0.5, 0.6) is 5.88 Å². The number of fused-ring (bicyclic) bond motifs is 1. The number of pyridine rings is 2. The van der Waals surface area contributed by atoms with Crippen LogP contribution < -0.4 is 21.3 Å². The number of ether oxygens (including phenoxy) is 1. The molecule has 0 aliphatic heterocycles. The quantitative estimate of drug-likeness (QED) is 0.357. The van der Waals surface area contributed by atoms with Gasteiger partial charge in [-0.2, -0.15) is 10.2 Å². The van der Waals surface area contributed by atoms with Crippen molar-refractivity contribution in [3.8, 4) is 28.8 Å². The first-order valence-corrected chi connectivity index (χ1v) is 11.5. The molecule has 0 saturated carbocycles. The fraction of sp³-hybridized carbons (Fsp3) is 0.107. The molecule has 0 unspecified atom stereocenters. The molecule has 3 heterocycles. The molecule has 0 spiro atoms. The average molecular weight is 490 g/mol. The summed E-state index contributed by atoms with van der Waals surface area (Å²) >= 11 is 0. The number of anilines is 2. The van der Waals surface area contributed by atoms with Crippen LogP contribution in [-0.4, -0.2) is 26.6 Å². The van der Waals surface area contributed by atoms with Gasteiger partial charge in [-0.05, 0) is 47.7 Å². The molecule has 1 atom stereocenters. The van der Waals surface area contributed by atoms with Gasteiger partial charge in [0, 0.05) is 23.6 Å². The summed E-state index contributed by atoms with van der Waals surface area (Å²) in [6.45, 7) is 1.90. The maximum absolute atomic E-state index is 14.2. The monoisotopic (exact) mass is 489 g/mol. The zero-order chi connectivity index (χ0) is 25.9. The van der Waals surface area contributed by atoms with E-state index in [-0.39, 0.29) is 17.1 Å². The van der Waals surface area contributed by atoms with Crippen molar-refractivity contribution in [2.75, 3.05) is 18.2 Å². The molecular weight excluding hydrogens is 466 g/mol. The first-order chi connectivity index (χ1) is 18.0. The highest BCUT2D eigenvalue weighted by atomic mass is 16.5. The van der Waals surface area contributed by atoms with E-state index in [2.05, 4.69) is 26.3 Å². The van der Waals surface area contributed by atoms with Crippen LogP contribution in [0.4, 0.5) is 11.8 Å².